The number of nitrogens with zero attached hydrogens (tertiary/aromatic N) is 3. The molecule has 4 rings (SSSR count). The van der Waals surface area contributed by atoms with Gasteiger partial charge in [-0.3, -0.25) is 0 Å². The molecule has 0 atom stereocenters. The lowest BCUT2D eigenvalue weighted by Crippen LogP contribution is -2.43. The molecule has 26 heavy (non-hydrogen) atoms. The van der Waals surface area contributed by atoms with Crippen LogP contribution >= 0.6 is 0 Å². The van der Waals surface area contributed by atoms with E-state index >= 15 is 0 Å². The summed E-state index contributed by atoms with van der Waals surface area (Å²) >= 11 is 0. The molecule has 3 nitrogen and oxygen atoms in total. The van der Waals surface area contributed by atoms with Crippen LogP contribution < -0.4 is 4.68 Å². The number of aromatic nitrogens is 3. The van der Waals surface area contributed by atoms with E-state index in [0.717, 1.165) is 17.1 Å². The highest BCUT2D eigenvalue weighted by atomic mass is 15.4. The molecule has 0 radical (unpaired) electrons. The topological polar surface area (TPSA) is 21.7 Å². The molecule has 1 heterocycles. The third-order valence-corrected chi connectivity index (χ3v) is 4.75. The van der Waals surface area contributed by atoms with Crippen LogP contribution in [0.3, 0.4) is 0 Å². The molecule has 0 aliphatic heterocycles. The van der Waals surface area contributed by atoms with Crippen molar-refractivity contribution in [1.29, 1.82) is 0 Å². The van der Waals surface area contributed by atoms with E-state index in [1.165, 1.54) is 22.4 Å². The van der Waals surface area contributed by atoms with Crippen LogP contribution in [0.1, 0.15) is 16.7 Å². The third-order valence-electron chi connectivity index (χ3n) is 4.75. The summed E-state index contributed by atoms with van der Waals surface area (Å²) in [5.74, 6) is 0.936. The Morgan fingerprint density at radius 2 is 1.31 bits per heavy atom. The highest BCUT2D eigenvalue weighted by molar-refractivity contribution is 5.53. The summed E-state index contributed by atoms with van der Waals surface area (Å²) in [6.07, 6.45) is 1.91. The monoisotopic (exact) mass is 340 g/mol. The largest absolute Gasteiger partial charge is 0.356 e. The maximum Gasteiger partial charge on any atom is 0.356 e. The summed E-state index contributed by atoms with van der Waals surface area (Å²) in [4.78, 5) is 4.79. The number of aryl methyl sites for hydroxylation is 3. The second kappa shape index (κ2) is 6.60. The molecule has 3 heteroatoms. The zero-order chi connectivity index (χ0) is 18.1. The van der Waals surface area contributed by atoms with E-state index in [2.05, 4.69) is 96.9 Å². The van der Waals surface area contributed by atoms with Crippen LogP contribution in [0.15, 0.2) is 79.1 Å². The lowest BCUT2D eigenvalue weighted by molar-refractivity contribution is -0.665. The molecular weight excluding hydrogens is 318 g/mol. The van der Waals surface area contributed by atoms with Crippen LogP contribution in [-0.2, 0) is 0 Å². The molecule has 0 saturated heterocycles. The average Bonchev–Trinajstić information content (AvgIpc) is 3.07. The van der Waals surface area contributed by atoms with Gasteiger partial charge in [-0.25, -0.2) is 0 Å². The molecule has 0 bridgehead atoms. The van der Waals surface area contributed by atoms with E-state index in [9.17, 15) is 0 Å². The number of hydrogen-bond acceptors (Lipinski definition) is 1. The van der Waals surface area contributed by atoms with Crippen LogP contribution in [0.4, 0.5) is 0 Å². The molecule has 0 saturated carbocycles. The van der Waals surface area contributed by atoms with Crippen molar-refractivity contribution in [1.82, 2.24) is 9.67 Å². The van der Waals surface area contributed by atoms with Crippen LogP contribution in [-0.4, -0.2) is 9.67 Å². The van der Waals surface area contributed by atoms with E-state index < -0.39 is 0 Å². The van der Waals surface area contributed by atoms with Gasteiger partial charge in [0.1, 0.15) is 0 Å². The standard InChI is InChI=1S/C23H22N3/c1-17-10-7-8-15-21(17)25-16-24-23(20-13-5-4-6-14-20)26(25)22-18(2)11-9-12-19(22)3/h4-16H,1-3H3/q+1. The van der Waals surface area contributed by atoms with Gasteiger partial charge in [-0.05, 0) is 60.6 Å². The van der Waals surface area contributed by atoms with Crippen LogP contribution in [0.25, 0.3) is 22.8 Å². The second-order valence-corrected chi connectivity index (χ2v) is 6.62. The second-order valence-electron chi connectivity index (χ2n) is 6.62. The van der Waals surface area contributed by atoms with Gasteiger partial charge in [-0.1, -0.05) is 54.6 Å². The minimum Gasteiger partial charge on any atom is -0.142 e. The van der Waals surface area contributed by atoms with Crippen LogP contribution in [0.2, 0.25) is 0 Å². The predicted octanol–water partition coefficient (Wildman–Crippen LogP) is 4.74. The van der Waals surface area contributed by atoms with Gasteiger partial charge in [-0.2, -0.15) is 0 Å². The van der Waals surface area contributed by atoms with Crippen LogP contribution in [0, 0.1) is 20.8 Å². The van der Waals surface area contributed by atoms with Crippen molar-refractivity contribution in [3.05, 3.63) is 95.8 Å². The number of hydrogen-bond donors (Lipinski definition) is 0. The van der Waals surface area contributed by atoms with Crippen molar-refractivity contribution in [2.24, 2.45) is 0 Å². The molecule has 4 aromatic rings. The molecule has 0 amide bonds. The van der Waals surface area contributed by atoms with Crippen molar-refractivity contribution in [3.63, 3.8) is 0 Å². The summed E-state index contributed by atoms with van der Waals surface area (Å²) in [7, 11) is 0. The first-order valence-corrected chi connectivity index (χ1v) is 8.84. The smallest absolute Gasteiger partial charge is 0.142 e. The van der Waals surface area contributed by atoms with Gasteiger partial charge >= 0.3 is 5.82 Å². The zero-order valence-electron chi connectivity index (χ0n) is 15.3. The molecule has 0 aliphatic rings. The summed E-state index contributed by atoms with van der Waals surface area (Å²) in [5.41, 5.74) is 7.06. The fraction of sp³-hybridized carbons (Fsp3) is 0.130. The fourth-order valence-electron chi connectivity index (χ4n) is 3.45. The Kier molecular flexibility index (Phi) is 4.13. The maximum atomic E-state index is 4.79. The highest BCUT2D eigenvalue weighted by Gasteiger charge is 2.26. The number of para-hydroxylation sites is 2. The first kappa shape index (κ1) is 16.3. The van der Waals surface area contributed by atoms with Crippen molar-refractivity contribution >= 4 is 0 Å². The first-order chi connectivity index (χ1) is 12.7. The molecule has 0 unspecified atom stereocenters. The van der Waals surface area contributed by atoms with E-state index in [4.69, 9.17) is 4.98 Å². The molecule has 0 fully saturated rings. The van der Waals surface area contributed by atoms with E-state index in [-0.39, 0.29) is 0 Å². The SMILES string of the molecule is Cc1ccccc1-n1cnc(-c2ccccc2)[n+]1-c1c(C)cccc1C. The predicted molar refractivity (Wildman–Crippen MR) is 105 cm³/mol. The van der Waals surface area contributed by atoms with Gasteiger partial charge in [0.05, 0.1) is 11.3 Å². The van der Waals surface area contributed by atoms with Gasteiger partial charge in [0.2, 0.25) is 6.33 Å². The van der Waals surface area contributed by atoms with Gasteiger partial charge in [0.25, 0.3) is 0 Å². The third kappa shape index (κ3) is 2.72. The maximum absolute atomic E-state index is 4.79. The van der Waals surface area contributed by atoms with Crippen LogP contribution in [0.5, 0.6) is 0 Å². The van der Waals surface area contributed by atoms with Crippen molar-refractivity contribution in [2.45, 2.75) is 20.8 Å². The van der Waals surface area contributed by atoms with Gasteiger partial charge in [-0.15, -0.1) is 9.36 Å². The Morgan fingerprint density at radius 3 is 2.00 bits per heavy atom. The Morgan fingerprint density at radius 1 is 0.692 bits per heavy atom. The van der Waals surface area contributed by atoms with Crippen molar-refractivity contribution in [3.8, 4) is 22.8 Å². The fourth-order valence-corrected chi connectivity index (χ4v) is 3.45. The van der Waals surface area contributed by atoms with E-state index in [1.807, 2.05) is 12.4 Å². The molecular formula is C23H22N3+. The normalized spacial score (nSPS) is 10.9. The quantitative estimate of drug-likeness (QED) is 0.494. The highest BCUT2D eigenvalue weighted by Crippen LogP contribution is 2.21. The Bertz CT molecular complexity index is 1040. The number of benzene rings is 3. The average molecular weight is 340 g/mol. The molecule has 0 N–H and O–H groups in total. The molecule has 0 aliphatic carbocycles. The van der Waals surface area contributed by atoms with E-state index in [0.29, 0.717) is 0 Å². The summed E-state index contributed by atoms with van der Waals surface area (Å²) in [5, 5.41) is 0. The van der Waals surface area contributed by atoms with Crippen molar-refractivity contribution in [2.75, 3.05) is 0 Å². The molecule has 3 aromatic carbocycles. The Labute approximate surface area is 154 Å². The minimum atomic E-state index is 0.936. The number of rotatable bonds is 3. The minimum absolute atomic E-state index is 0.936. The first-order valence-electron chi connectivity index (χ1n) is 8.84. The molecule has 128 valence electrons. The summed E-state index contributed by atoms with van der Waals surface area (Å²) < 4.78 is 4.37. The van der Waals surface area contributed by atoms with Gasteiger partial charge in [0, 0.05) is 0 Å². The zero-order valence-corrected chi connectivity index (χ0v) is 15.3. The summed E-state index contributed by atoms with van der Waals surface area (Å²) in [6.45, 7) is 6.44. The molecule has 1 aromatic heterocycles. The van der Waals surface area contributed by atoms with Gasteiger partial charge < -0.3 is 0 Å². The lowest BCUT2D eigenvalue weighted by Gasteiger charge is -2.12. The Balaban J connectivity index is 2.07. The van der Waals surface area contributed by atoms with Crippen molar-refractivity contribution < 1.29 is 4.68 Å². The van der Waals surface area contributed by atoms with E-state index in [1.54, 1.807) is 0 Å². The molecule has 0 spiro atoms. The summed E-state index contributed by atoms with van der Waals surface area (Å²) in [6, 6.07) is 25.2. The van der Waals surface area contributed by atoms with Gasteiger partial charge in [0.15, 0.2) is 5.69 Å². The Hall–Kier alpha value is -3.20. The lowest BCUT2D eigenvalue weighted by atomic mass is 10.1.